The lowest BCUT2D eigenvalue weighted by Crippen LogP contribution is -2.61. The zero-order chi connectivity index (χ0) is 22.1. The molecule has 1 spiro atoms. The van der Waals surface area contributed by atoms with Gasteiger partial charge in [-0.2, -0.15) is 0 Å². The topological polar surface area (TPSA) is 68.2 Å². The molecule has 0 bridgehead atoms. The molecule has 8 atom stereocenters. The third kappa shape index (κ3) is 3.04. The van der Waals surface area contributed by atoms with E-state index < -0.39 is 11.4 Å². The highest BCUT2D eigenvalue weighted by molar-refractivity contribution is 5.32. The standard InChI is InChI=1S/C27H38O5/c1-25-15-20(17-3-5-18(30-2)6-4-17)24-19(21(25)7-8-23(25)28)9-11-26(29)16-27(12-10-22(24)26)31-13-14-32-27/h3-6,19-24,28-29H,7-16H2,1-2H3/t19-,20+,21+,22+,23+,24+,25-,26?/m0/s1. The van der Waals surface area contributed by atoms with Gasteiger partial charge in [0.05, 0.1) is 32.0 Å². The van der Waals surface area contributed by atoms with Gasteiger partial charge in [0.15, 0.2) is 5.79 Å². The largest absolute Gasteiger partial charge is 0.497 e. The summed E-state index contributed by atoms with van der Waals surface area (Å²) in [6.45, 7) is 3.61. The van der Waals surface area contributed by atoms with Gasteiger partial charge < -0.3 is 24.4 Å². The fraction of sp³-hybridized carbons (Fsp3) is 0.778. The first-order valence-electron chi connectivity index (χ1n) is 12.7. The van der Waals surface area contributed by atoms with E-state index in [1.807, 2.05) is 0 Å². The lowest BCUT2D eigenvalue weighted by molar-refractivity contribution is -0.258. The van der Waals surface area contributed by atoms with Crippen LogP contribution in [0.3, 0.4) is 0 Å². The quantitative estimate of drug-likeness (QED) is 0.716. The summed E-state index contributed by atoms with van der Waals surface area (Å²) in [5.41, 5.74) is 0.575. The maximum absolute atomic E-state index is 12.0. The van der Waals surface area contributed by atoms with Crippen LogP contribution in [0.25, 0.3) is 0 Å². The number of hydrogen-bond donors (Lipinski definition) is 2. The zero-order valence-electron chi connectivity index (χ0n) is 19.5. The highest BCUT2D eigenvalue weighted by Gasteiger charge is 2.64. The van der Waals surface area contributed by atoms with Crippen molar-refractivity contribution in [1.82, 2.24) is 0 Å². The van der Waals surface area contributed by atoms with E-state index >= 15 is 0 Å². The molecule has 1 heterocycles. The van der Waals surface area contributed by atoms with E-state index in [-0.39, 0.29) is 17.4 Å². The summed E-state index contributed by atoms with van der Waals surface area (Å²) >= 11 is 0. The molecule has 176 valence electrons. The van der Waals surface area contributed by atoms with Crippen molar-refractivity contribution in [3.8, 4) is 5.75 Å². The second kappa shape index (κ2) is 7.43. The minimum atomic E-state index is -0.723. The molecule has 5 nitrogen and oxygen atoms in total. The highest BCUT2D eigenvalue weighted by Crippen LogP contribution is 2.67. The van der Waals surface area contributed by atoms with Crippen LogP contribution in [-0.2, 0) is 9.47 Å². The number of aliphatic hydroxyl groups is 2. The summed E-state index contributed by atoms with van der Waals surface area (Å²) < 4.78 is 17.5. The lowest BCUT2D eigenvalue weighted by Gasteiger charge is -2.62. The molecular formula is C27H38O5. The minimum Gasteiger partial charge on any atom is -0.497 e. The first kappa shape index (κ1) is 21.4. The van der Waals surface area contributed by atoms with Gasteiger partial charge in [0.1, 0.15) is 5.75 Å². The fourth-order valence-electron chi connectivity index (χ4n) is 8.89. The molecule has 0 aromatic heterocycles. The number of fused-ring (bicyclic) bond motifs is 5. The molecule has 5 aliphatic rings. The van der Waals surface area contributed by atoms with E-state index in [1.54, 1.807) is 7.11 Å². The van der Waals surface area contributed by atoms with E-state index in [2.05, 4.69) is 31.2 Å². The van der Waals surface area contributed by atoms with Crippen molar-refractivity contribution in [2.75, 3.05) is 20.3 Å². The van der Waals surface area contributed by atoms with Crippen LogP contribution in [0.5, 0.6) is 5.75 Å². The summed E-state index contributed by atoms with van der Waals surface area (Å²) in [6.07, 6.45) is 7.11. The van der Waals surface area contributed by atoms with Crippen molar-refractivity contribution in [2.24, 2.45) is 29.1 Å². The number of rotatable bonds is 2. The Bertz CT molecular complexity index is 848. The molecule has 1 aliphatic heterocycles. The van der Waals surface area contributed by atoms with Crippen molar-refractivity contribution >= 4 is 0 Å². The van der Waals surface area contributed by atoms with Gasteiger partial charge in [-0.05, 0) is 91.2 Å². The molecular weight excluding hydrogens is 404 g/mol. The van der Waals surface area contributed by atoms with Crippen molar-refractivity contribution in [3.63, 3.8) is 0 Å². The molecule has 32 heavy (non-hydrogen) atoms. The molecule has 6 rings (SSSR count). The summed E-state index contributed by atoms with van der Waals surface area (Å²) in [7, 11) is 1.71. The Morgan fingerprint density at radius 1 is 0.969 bits per heavy atom. The van der Waals surface area contributed by atoms with E-state index in [0.29, 0.717) is 43.3 Å². The third-order valence-electron chi connectivity index (χ3n) is 10.3. The molecule has 1 aromatic rings. The average molecular weight is 443 g/mol. The third-order valence-corrected chi connectivity index (χ3v) is 10.3. The van der Waals surface area contributed by atoms with Gasteiger partial charge in [-0.3, -0.25) is 0 Å². The minimum absolute atomic E-state index is 0.0330. The van der Waals surface area contributed by atoms with Crippen LogP contribution in [-0.4, -0.2) is 48.0 Å². The smallest absolute Gasteiger partial charge is 0.171 e. The van der Waals surface area contributed by atoms with Gasteiger partial charge in [-0.15, -0.1) is 0 Å². The van der Waals surface area contributed by atoms with Crippen molar-refractivity contribution < 1.29 is 24.4 Å². The SMILES string of the molecule is COc1ccc([C@H]2C[C@]3(C)[C@H](O)CC[C@@H]3[C@@H]3CCC4(O)CC5(CC[C@@H]4[C@H]32)OCCO5)cc1. The van der Waals surface area contributed by atoms with Crippen LogP contribution in [0.1, 0.15) is 69.8 Å². The second-order valence-corrected chi connectivity index (χ2v) is 11.6. The van der Waals surface area contributed by atoms with Gasteiger partial charge in [0.2, 0.25) is 0 Å². The number of hydrogen-bond acceptors (Lipinski definition) is 5. The molecule has 1 saturated heterocycles. The van der Waals surface area contributed by atoms with E-state index in [4.69, 9.17) is 14.2 Å². The molecule has 5 fully saturated rings. The Kier molecular flexibility index (Phi) is 4.97. The lowest BCUT2D eigenvalue weighted by atomic mass is 9.45. The van der Waals surface area contributed by atoms with Crippen LogP contribution in [0.15, 0.2) is 24.3 Å². The number of aliphatic hydroxyl groups excluding tert-OH is 1. The van der Waals surface area contributed by atoms with Crippen LogP contribution in [0, 0.1) is 29.1 Å². The number of benzene rings is 1. The second-order valence-electron chi connectivity index (χ2n) is 11.6. The van der Waals surface area contributed by atoms with Crippen molar-refractivity contribution in [3.05, 3.63) is 29.8 Å². The predicted octanol–water partition coefficient (Wildman–Crippen LogP) is 4.26. The van der Waals surface area contributed by atoms with Gasteiger partial charge in [-0.25, -0.2) is 0 Å². The Hall–Kier alpha value is -1.14. The van der Waals surface area contributed by atoms with Crippen molar-refractivity contribution in [2.45, 2.75) is 81.7 Å². The summed E-state index contributed by atoms with van der Waals surface area (Å²) in [4.78, 5) is 0. The molecule has 1 unspecified atom stereocenters. The van der Waals surface area contributed by atoms with Crippen LogP contribution in [0.2, 0.25) is 0 Å². The van der Waals surface area contributed by atoms with Crippen LogP contribution >= 0.6 is 0 Å². The first-order chi connectivity index (χ1) is 15.4. The molecule has 0 amide bonds. The Morgan fingerprint density at radius 3 is 2.44 bits per heavy atom. The van der Waals surface area contributed by atoms with E-state index in [0.717, 1.165) is 50.7 Å². The normalized spacial score (nSPS) is 47.0. The predicted molar refractivity (Wildman–Crippen MR) is 120 cm³/mol. The monoisotopic (exact) mass is 442 g/mol. The first-order valence-corrected chi connectivity index (χ1v) is 12.7. The maximum atomic E-state index is 12.0. The van der Waals surface area contributed by atoms with Crippen LogP contribution in [0.4, 0.5) is 0 Å². The summed E-state index contributed by atoms with van der Waals surface area (Å²) in [5, 5.41) is 23.1. The molecule has 0 radical (unpaired) electrons. The maximum Gasteiger partial charge on any atom is 0.171 e. The number of ether oxygens (including phenoxy) is 3. The van der Waals surface area contributed by atoms with Gasteiger partial charge in [0, 0.05) is 12.8 Å². The summed E-state index contributed by atoms with van der Waals surface area (Å²) in [6, 6.07) is 8.56. The molecule has 2 N–H and O–H groups in total. The fourth-order valence-corrected chi connectivity index (χ4v) is 8.89. The molecule has 1 aromatic carbocycles. The van der Waals surface area contributed by atoms with Crippen molar-refractivity contribution in [1.29, 1.82) is 0 Å². The molecule has 4 aliphatic carbocycles. The van der Waals surface area contributed by atoms with Gasteiger partial charge in [0.25, 0.3) is 0 Å². The Morgan fingerprint density at radius 2 is 1.72 bits per heavy atom. The van der Waals surface area contributed by atoms with E-state index in [1.165, 1.54) is 5.56 Å². The number of methoxy groups -OCH3 is 1. The van der Waals surface area contributed by atoms with Gasteiger partial charge >= 0.3 is 0 Å². The Labute approximate surface area is 191 Å². The Balaban J connectivity index is 1.39. The van der Waals surface area contributed by atoms with Gasteiger partial charge in [-0.1, -0.05) is 19.1 Å². The summed E-state index contributed by atoms with van der Waals surface area (Å²) in [5.74, 6) is 2.45. The molecule has 4 saturated carbocycles. The zero-order valence-corrected chi connectivity index (χ0v) is 19.5. The molecule has 5 heteroatoms. The highest BCUT2D eigenvalue weighted by atomic mass is 16.7. The van der Waals surface area contributed by atoms with Crippen LogP contribution < -0.4 is 4.74 Å². The van der Waals surface area contributed by atoms with E-state index in [9.17, 15) is 10.2 Å². The average Bonchev–Trinajstić information content (AvgIpc) is 3.36.